The van der Waals surface area contributed by atoms with Gasteiger partial charge in [-0.25, -0.2) is 9.71 Å². The van der Waals surface area contributed by atoms with Crippen LogP contribution in [0.25, 0.3) is 0 Å². The third kappa shape index (κ3) is 0.179. The van der Waals surface area contributed by atoms with Crippen molar-refractivity contribution in [2.75, 3.05) is 6.54 Å². The summed E-state index contributed by atoms with van der Waals surface area (Å²) < 4.78 is 10.9. The highest BCUT2D eigenvalue weighted by Crippen LogP contribution is 1.97. The van der Waals surface area contributed by atoms with Crippen LogP contribution in [0, 0.1) is 0 Å². The smallest absolute Gasteiger partial charge is 0.180 e. The Morgan fingerprint density at radius 1 is 2.00 bits per heavy atom. The summed E-state index contributed by atoms with van der Waals surface area (Å²) in [5, 5.41) is 3.24. The van der Waals surface area contributed by atoms with Crippen molar-refractivity contribution in [2.24, 2.45) is 0 Å². The number of alkyl halides is 1. The number of rotatable bonds is 0. The Kier molecular flexibility index (Phi) is 0.232. The summed E-state index contributed by atoms with van der Waals surface area (Å²) in [6.45, 7) is 0.444. The molecule has 1 fully saturated rings. The van der Waals surface area contributed by atoms with Crippen LogP contribution in [0.15, 0.2) is 0 Å². The molecule has 2 heteroatoms. The molecule has 1 saturated heterocycles. The van der Waals surface area contributed by atoms with E-state index in [9.17, 15) is 4.39 Å². The van der Waals surface area contributed by atoms with Gasteiger partial charge in [0.2, 0.25) is 0 Å². The molecule has 1 aliphatic rings. The third-order valence-electron chi connectivity index (χ3n) is 0.321. The summed E-state index contributed by atoms with van der Waals surface area (Å²) in [6.07, 6.45) is -0.792. The summed E-state index contributed by atoms with van der Waals surface area (Å²) >= 11 is 0. The van der Waals surface area contributed by atoms with Crippen molar-refractivity contribution < 1.29 is 4.39 Å². The quantitative estimate of drug-likeness (QED) is 0.274. The third-order valence-corrected chi connectivity index (χ3v) is 0.321. The van der Waals surface area contributed by atoms with E-state index in [0.717, 1.165) is 0 Å². The van der Waals surface area contributed by atoms with Gasteiger partial charge in [-0.1, -0.05) is 0 Å². The van der Waals surface area contributed by atoms with Gasteiger partial charge in [-0.05, 0) is 0 Å². The Hall–Kier alpha value is -0.110. The van der Waals surface area contributed by atoms with E-state index in [1.165, 1.54) is 0 Å². The minimum absolute atomic E-state index is 0.444. The summed E-state index contributed by atoms with van der Waals surface area (Å²) in [5.41, 5.74) is 0. The maximum absolute atomic E-state index is 10.9. The van der Waals surface area contributed by atoms with Gasteiger partial charge in [0, 0.05) is 0 Å². The predicted octanol–water partition coefficient (Wildman–Crippen LogP) is -0.100. The Bertz CT molecular complexity index is 25.2. The molecule has 1 aliphatic heterocycles. The second-order valence-corrected chi connectivity index (χ2v) is 0.800. The molecule has 0 amide bonds. The van der Waals surface area contributed by atoms with E-state index >= 15 is 0 Å². The Labute approximate surface area is 23.8 Å². The van der Waals surface area contributed by atoms with Crippen LogP contribution in [0.3, 0.4) is 0 Å². The molecule has 0 bridgehead atoms. The van der Waals surface area contributed by atoms with E-state index in [0.29, 0.717) is 6.54 Å². The number of halogens is 1. The van der Waals surface area contributed by atoms with Crippen molar-refractivity contribution in [1.82, 2.24) is 5.32 Å². The first kappa shape index (κ1) is 2.15. The summed E-state index contributed by atoms with van der Waals surface area (Å²) in [5.74, 6) is 0. The van der Waals surface area contributed by atoms with Crippen LogP contribution in [-0.4, -0.2) is 12.8 Å². The topological polar surface area (TPSA) is 14.1 Å². The fraction of sp³-hybridized carbons (Fsp3) is 1.00. The highest BCUT2D eigenvalue weighted by molar-refractivity contribution is 4.68. The van der Waals surface area contributed by atoms with Gasteiger partial charge < -0.3 is 0 Å². The van der Waals surface area contributed by atoms with Crippen molar-refractivity contribution in [1.29, 1.82) is 0 Å². The second-order valence-electron chi connectivity index (χ2n) is 0.800. The molecule has 0 aromatic rings. The summed E-state index contributed by atoms with van der Waals surface area (Å²) in [7, 11) is 0. The van der Waals surface area contributed by atoms with Crippen LogP contribution < -0.4 is 5.32 Å². The van der Waals surface area contributed by atoms with Gasteiger partial charge in [-0.15, -0.1) is 0 Å². The van der Waals surface area contributed by atoms with Gasteiger partial charge in [-0.3, -0.25) is 0 Å². The van der Waals surface area contributed by atoms with E-state index in [4.69, 9.17) is 0 Å². The van der Waals surface area contributed by atoms with Crippen molar-refractivity contribution in [3.8, 4) is 0 Å². The normalized spacial score (nSPS) is 39.8. The van der Waals surface area contributed by atoms with E-state index in [2.05, 4.69) is 5.32 Å². The SMILES string of the molecule is FC1C[N]1. The lowest BCUT2D eigenvalue weighted by Crippen LogP contribution is -1.61. The van der Waals surface area contributed by atoms with Crippen LogP contribution in [0.2, 0.25) is 0 Å². The first-order valence-electron chi connectivity index (χ1n) is 1.20. The second kappa shape index (κ2) is 0.432. The summed E-state index contributed by atoms with van der Waals surface area (Å²) in [4.78, 5) is 0. The average Bonchev–Trinajstić information content (AvgIpc) is 1.75. The lowest BCUT2D eigenvalue weighted by Gasteiger charge is -1.47. The molecule has 1 atom stereocenters. The molecule has 0 saturated carbocycles. The maximum atomic E-state index is 10.9. The van der Waals surface area contributed by atoms with E-state index in [1.807, 2.05) is 0 Å². The predicted molar refractivity (Wildman–Crippen MR) is 11.9 cm³/mol. The van der Waals surface area contributed by atoms with Crippen molar-refractivity contribution >= 4 is 0 Å². The fourth-order valence-electron chi connectivity index (χ4n) is 0.0398. The molecule has 1 heterocycles. The molecule has 1 radical (unpaired) electrons. The van der Waals surface area contributed by atoms with Crippen LogP contribution in [0.5, 0.6) is 0 Å². The molecular formula is C2H3FN. The number of hydrogen-bond donors (Lipinski definition) is 0. The molecule has 1 rings (SSSR count). The minimum Gasteiger partial charge on any atom is -0.227 e. The van der Waals surface area contributed by atoms with Crippen LogP contribution in [0.1, 0.15) is 0 Å². The first-order chi connectivity index (χ1) is 1.89. The van der Waals surface area contributed by atoms with Crippen LogP contribution >= 0.6 is 0 Å². The Morgan fingerprint density at radius 3 is 2.25 bits per heavy atom. The molecule has 0 aromatic heterocycles. The van der Waals surface area contributed by atoms with Gasteiger partial charge >= 0.3 is 0 Å². The molecule has 23 valence electrons. The van der Waals surface area contributed by atoms with Gasteiger partial charge in [0.05, 0.1) is 6.54 Å². The minimum atomic E-state index is -0.792. The molecule has 0 aliphatic carbocycles. The van der Waals surface area contributed by atoms with Crippen molar-refractivity contribution in [3.63, 3.8) is 0 Å². The van der Waals surface area contributed by atoms with Crippen molar-refractivity contribution in [2.45, 2.75) is 6.30 Å². The first-order valence-corrected chi connectivity index (χ1v) is 1.20. The zero-order chi connectivity index (χ0) is 2.99. The molecule has 1 nitrogen and oxygen atoms in total. The lowest BCUT2D eigenvalue weighted by molar-refractivity contribution is 0.470. The van der Waals surface area contributed by atoms with Gasteiger partial charge in [0.15, 0.2) is 6.30 Å². The average molecular weight is 60.1 g/mol. The largest absolute Gasteiger partial charge is 0.227 e. The van der Waals surface area contributed by atoms with E-state index in [-0.39, 0.29) is 0 Å². The highest BCUT2D eigenvalue weighted by atomic mass is 19.1. The van der Waals surface area contributed by atoms with E-state index in [1.54, 1.807) is 0 Å². The van der Waals surface area contributed by atoms with Crippen LogP contribution in [0.4, 0.5) is 4.39 Å². The monoisotopic (exact) mass is 60.0 g/mol. The lowest BCUT2D eigenvalue weighted by atomic mass is 10.9. The molecule has 0 spiro atoms. The fourth-order valence-corrected chi connectivity index (χ4v) is 0.0398. The standard InChI is InChI=1S/C2H3FN/c3-2-1-4-2/h2H,1H2. The Balaban J connectivity index is 2.17. The molecule has 4 heavy (non-hydrogen) atoms. The number of nitrogens with zero attached hydrogens (tertiary/aromatic N) is 1. The molecule has 0 N–H and O–H groups in total. The van der Waals surface area contributed by atoms with Crippen LogP contribution in [-0.2, 0) is 0 Å². The van der Waals surface area contributed by atoms with Gasteiger partial charge in [0.25, 0.3) is 0 Å². The molecular weight excluding hydrogens is 57.0 g/mol. The zero-order valence-corrected chi connectivity index (χ0v) is 2.11. The number of hydrogen-bond acceptors (Lipinski definition) is 0. The maximum Gasteiger partial charge on any atom is 0.180 e. The van der Waals surface area contributed by atoms with E-state index < -0.39 is 6.30 Å². The van der Waals surface area contributed by atoms with Crippen molar-refractivity contribution in [3.05, 3.63) is 0 Å². The Morgan fingerprint density at radius 2 is 2.25 bits per heavy atom. The molecule has 0 aromatic carbocycles. The summed E-state index contributed by atoms with van der Waals surface area (Å²) in [6, 6.07) is 0. The zero-order valence-electron chi connectivity index (χ0n) is 2.11. The van der Waals surface area contributed by atoms with Gasteiger partial charge in [0.1, 0.15) is 0 Å². The molecule has 1 unspecified atom stereocenters. The van der Waals surface area contributed by atoms with Gasteiger partial charge in [-0.2, -0.15) is 0 Å². The highest BCUT2D eigenvalue weighted by Gasteiger charge is 2.19.